The van der Waals surface area contributed by atoms with E-state index in [0.717, 1.165) is 70.5 Å². The molecule has 1 atom stereocenters. The van der Waals surface area contributed by atoms with Crippen LogP contribution in [-0.4, -0.2) is 65.5 Å². The molecule has 2 amide bonds. The number of hydrogen-bond acceptors (Lipinski definition) is 4. The third-order valence-corrected chi connectivity index (χ3v) is 7.63. The molecule has 24 heavy (non-hydrogen) atoms. The number of nitrogens with one attached hydrogen (secondary N) is 1. The number of likely N-dealkylation sites (tertiary alicyclic amines) is 1. The zero-order valence-corrected chi connectivity index (χ0v) is 15.3. The summed E-state index contributed by atoms with van der Waals surface area (Å²) in [5, 5.41) is 3.48. The normalized spacial score (nSPS) is 30.4. The van der Waals surface area contributed by atoms with E-state index in [-0.39, 0.29) is 23.8 Å². The fourth-order valence-electron chi connectivity index (χ4n) is 4.91. The Morgan fingerprint density at radius 2 is 1.79 bits per heavy atom. The van der Waals surface area contributed by atoms with E-state index in [2.05, 4.69) is 5.32 Å². The lowest BCUT2D eigenvalue weighted by Crippen LogP contribution is -2.53. The Morgan fingerprint density at radius 1 is 1.04 bits per heavy atom. The van der Waals surface area contributed by atoms with E-state index in [9.17, 15) is 9.59 Å². The Kier molecular flexibility index (Phi) is 4.78. The van der Waals surface area contributed by atoms with Crippen molar-refractivity contribution in [1.29, 1.82) is 0 Å². The Bertz CT molecular complexity index is 490. The lowest BCUT2D eigenvalue weighted by molar-refractivity contribution is -0.146. The first kappa shape index (κ1) is 16.7. The molecule has 4 aliphatic rings. The predicted octanol–water partition coefficient (Wildman–Crippen LogP) is 1.68. The molecule has 0 radical (unpaired) electrons. The van der Waals surface area contributed by atoms with E-state index in [0.29, 0.717) is 11.3 Å². The van der Waals surface area contributed by atoms with Gasteiger partial charge in [-0.3, -0.25) is 9.59 Å². The van der Waals surface area contributed by atoms with Crippen molar-refractivity contribution >= 4 is 23.6 Å². The summed E-state index contributed by atoms with van der Waals surface area (Å²) in [6.45, 7) is 3.97. The van der Waals surface area contributed by atoms with Gasteiger partial charge in [0.2, 0.25) is 11.8 Å². The molecule has 0 aromatic carbocycles. The molecule has 6 heteroatoms. The summed E-state index contributed by atoms with van der Waals surface area (Å²) >= 11 is 1.74. The Hall–Kier alpha value is -0.750. The van der Waals surface area contributed by atoms with Gasteiger partial charge >= 0.3 is 0 Å². The van der Waals surface area contributed by atoms with Crippen molar-refractivity contribution in [2.24, 2.45) is 11.3 Å². The van der Waals surface area contributed by atoms with E-state index in [1.807, 2.05) is 9.80 Å². The molecule has 1 saturated carbocycles. The van der Waals surface area contributed by atoms with Crippen LogP contribution in [0.1, 0.15) is 44.9 Å². The summed E-state index contributed by atoms with van der Waals surface area (Å²) in [7, 11) is 0. The van der Waals surface area contributed by atoms with Crippen LogP contribution in [-0.2, 0) is 9.59 Å². The molecule has 134 valence electrons. The van der Waals surface area contributed by atoms with Gasteiger partial charge in [-0.15, -0.1) is 11.8 Å². The summed E-state index contributed by atoms with van der Waals surface area (Å²) in [6.07, 6.45) is 7.84. The van der Waals surface area contributed by atoms with E-state index >= 15 is 0 Å². The number of carbonyl (C=O) groups excluding carboxylic acids is 2. The molecule has 4 rings (SSSR count). The first-order chi connectivity index (χ1) is 11.7. The van der Waals surface area contributed by atoms with Crippen molar-refractivity contribution in [1.82, 2.24) is 15.1 Å². The van der Waals surface area contributed by atoms with Crippen LogP contribution in [0.3, 0.4) is 0 Å². The SMILES string of the molecule is O=C(C1CSCN1C(=O)C1CCCC1)N1CCC2(CCNC2)CC1. The van der Waals surface area contributed by atoms with Gasteiger partial charge in [0, 0.05) is 31.3 Å². The number of piperidine rings is 1. The van der Waals surface area contributed by atoms with Gasteiger partial charge in [-0.2, -0.15) is 0 Å². The summed E-state index contributed by atoms with van der Waals surface area (Å²) in [4.78, 5) is 29.7. The highest BCUT2D eigenvalue weighted by molar-refractivity contribution is 7.99. The fraction of sp³-hybridized carbons (Fsp3) is 0.889. The Labute approximate surface area is 148 Å². The first-order valence-corrected chi connectivity index (χ1v) is 10.7. The molecule has 0 aromatic rings. The van der Waals surface area contributed by atoms with Crippen molar-refractivity contribution < 1.29 is 9.59 Å². The minimum atomic E-state index is -0.209. The van der Waals surface area contributed by atoms with Gasteiger partial charge in [-0.1, -0.05) is 12.8 Å². The molecule has 1 aliphatic carbocycles. The molecule has 4 fully saturated rings. The zero-order chi connectivity index (χ0) is 16.6. The van der Waals surface area contributed by atoms with Gasteiger partial charge in [0.25, 0.3) is 0 Å². The highest BCUT2D eigenvalue weighted by Gasteiger charge is 2.43. The number of hydrogen-bond donors (Lipinski definition) is 1. The molecule has 3 saturated heterocycles. The highest BCUT2D eigenvalue weighted by Crippen LogP contribution is 2.38. The quantitative estimate of drug-likeness (QED) is 0.822. The third kappa shape index (κ3) is 3.07. The van der Waals surface area contributed by atoms with Crippen LogP contribution in [0, 0.1) is 11.3 Å². The molecule has 1 spiro atoms. The van der Waals surface area contributed by atoms with Gasteiger partial charge in [0.05, 0.1) is 5.88 Å². The molecular weight excluding hydrogens is 322 g/mol. The van der Waals surface area contributed by atoms with Crippen LogP contribution >= 0.6 is 11.8 Å². The van der Waals surface area contributed by atoms with Crippen LogP contribution in [0.4, 0.5) is 0 Å². The second-order valence-corrected chi connectivity index (χ2v) is 9.06. The summed E-state index contributed by atoms with van der Waals surface area (Å²) in [5.74, 6) is 2.10. The predicted molar refractivity (Wildman–Crippen MR) is 95.7 cm³/mol. The van der Waals surface area contributed by atoms with E-state index < -0.39 is 0 Å². The number of nitrogens with zero attached hydrogens (tertiary/aromatic N) is 2. The maximum absolute atomic E-state index is 13.0. The van der Waals surface area contributed by atoms with Gasteiger partial charge < -0.3 is 15.1 Å². The fourth-order valence-corrected chi connectivity index (χ4v) is 6.06. The number of amides is 2. The van der Waals surface area contributed by atoms with Crippen LogP contribution < -0.4 is 5.32 Å². The lowest BCUT2D eigenvalue weighted by atomic mass is 9.78. The molecule has 5 nitrogen and oxygen atoms in total. The number of thioether (sulfide) groups is 1. The van der Waals surface area contributed by atoms with Crippen molar-refractivity contribution in [3.8, 4) is 0 Å². The monoisotopic (exact) mass is 351 g/mol. The Morgan fingerprint density at radius 3 is 2.46 bits per heavy atom. The lowest BCUT2D eigenvalue weighted by Gasteiger charge is -2.40. The third-order valence-electron chi connectivity index (χ3n) is 6.62. The molecular formula is C18H29N3O2S. The average molecular weight is 352 g/mol. The molecule has 0 aromatic heterocycles. The van der Waals surface area contributed by atoms with Crippen LogP contribution in [0.2, 0.25) is 0 Å². The summed E-state index contributed by atoms with van der Waals surface area (Å²) < 4.78 is 0. The van der Waals surface area contributed by atoms with Crippen LogP contribution in [0.25, 0.3) is 0 Å². The van der Waals surface area contributed by atoms with Gasteiger partial charge in [-0.25, -0.2) is 0 Å². The van der Waals surface area contributed by atoms with Gasteiger partial charge in [0.1, 0.15) is 6.04 Å². The van der Waals surface area contributed by atoms with E-state index in [1.165, 1.54) is 6.42 Å². The minimum absolute atomic E-state index is 0.174. The molecule has 1 unspecified atom stereocenters. The van der Waals surface area contributed by atoms with Crippen molar-refractivity contribution in [2.45, 2.75) is 51.0 Å². The second kappa shape index (κ2) is 6.87. The summed E-state index contributed by atoms with van der Waals surface area (Å²) in [5.41, 5.74) is 0.431. The molecule has 3 aliphatic heterocycles. The molecule has 1 N–H and O–H groups in total. The van der Waals surface area contributed by atoms with Gasteiger partial charge in [0.15, 0.2) is 0 Å². The number of carbonyl (C=O) groups is 2. The highest BCUT2D eigenvalue weighted by atomic mass is 32.2. The number of rotatable bonds is 2. The topological polar surface area (TPSA) is 52.7 Å². The van der Waals surface area contributed by atoms with Crippen LogP contribution in [0.5, 0.6) is 0 Å². The second-order valence-electron chi connectivity index (χ2n) is 8.06. The summed E-state index contributed by atoms with van der Waals surface area (Å²) in [6, 6.07) is -0.209. The largest absolute Gasteiger partial charge is 0.341 e. The van der Waals surface area contributed by atoms with E-state index in [4.69, 9.17) is 0 Å². The average Bonchev–Trinajstić information content (AvgIpc) is 3.36. The van der Waals surface area contributed by atoms with Crippen molar-refractivity contribution in [3.05, 3.63) is 0 Å². The van der Waals surface area contributed by atoms with Crippen molar-refractivity contribution in [2.75, 3.05) is 37.8 Å². The minimum Gasteiger partial charge on any atom is -0.341 e. The van der Waals surface area contributed by atoms with Gasteiger partial charge in [-0.05, 0) is 44.1 Å². The zero-order valence-electron chi connectivity index (χ0n) is 14.5. The van der Waals surface area contributed by atoms with Crippen LogP contribution in [0.15, 0.2) is 0 Å². The molecule has 3 heterocycles. The van der Waals surface area contributed by atoms with Crippen molar-refractivity contribution in [3.63, 3.8) is 0 Å². The van der Waals surface area contributed by atoms with E-state index in [1.54, 1.807) is 11.8 Å². The smallest absolute Gasteiger partial charge is 0.246 e. The Balaban J connectivity index is 1.37. The standard InChI is InChI=1S/C18H29N3O2S/c22-16(14-3-1-2-4-14)21-13-24-11-15(21)17(23)20-9-6-18(7-10-20)5-8-19-12-18/h14-15,19H,1-13H2. The first-order valence-electron chi connectivity index (χ1n) is 9.56. The molecule has 0 bridgehead atoms. The maximum Gasteiger partial charge on any atom is 0.246 e. The maximum atomic E-state index is 13.0.